The predicted octanol–water partition coefficient (Wildman–Crippen LogP) is 3.29. The van der Waals surface area contributed by atoms with Gasteiger partial charge in [0, 0.05) is 13.7 Å². The molecule has 0 aliphatic heterocycles. The largest absolute Gasteiger partial charge is 0.388 e. The Kier molecular flexibility index (Phi) is 5.38. The Balaban J connectivity index is 2.71. The third-order valence-electron chi connectivity index (χ3n) is 2.60. The molecule has 1 aromatic carbocycles. The van der Waals surface area contributed by atoms with Crippen LogP contribution in [-0.2, 0) is 4.74 Å². The van der Waals surface area contributed by atoms with E-state index in [-0.39, 0.29) is 11.7 Å². The first-order valence-corrected chi connectivity index (χ1v) is 5.97. The van der Waals surface area contributed by atoms with Crippen LogP contribution in [0.2, 0.25) is 0 Å². The summed E-state index contributed by atoms with van der Waals surface area (Å²) in [7, 11) is 1.63. The van der Waals surface area contributed by atoms with Gasteiger partial charge in [0.15, 0.2) is 0 Å². The minimum atomic E-state index is -0.591. The van der Waals surface area contributed by atoms with Crippen LogP contribution in [-0.4, -0.2) is 18.8 Å². The van der Waals surface area contributed by atoms with Crippen LogP contribution in [0, 0.1) is 11.7 Å². The van der Waals surface area contributed by atoms with Crippen LogP contribution in [0.1, 0.15) is 25.0 Å². The highest BCUT2D eigenvalue weighted by molar-refractivity contribution is 9.10. The molecule has 0 amide bonds. The summed E-state index contributed by atoms with van der Waals surface area (Å²) >= 11 is 3.11. The first-order chi connectivity index (χ1) is 7.56. The molecule has 1 rings (SSSR count). The summed E-state index contributed by atoms with van der Waals surface area (Å²) in [6, 6.07) is 4.57. The van der Waals surface area contributed by atoms with Crippen molar-refractivity contribution < 1.29 is 14.2 Å². The number of hydrogen-bond acceptors (Lipinski definition) is 2. The number of rotatable bonds is 5. The molecule has 90 valence electrons. The van der Waals surface area contributed by atoms with E-state index in [1.807, 2.05) is 6.92 Å². The average molecular weight is 291 g/mol. The molecule has 0 aliphatic carbocycles. The number of aliphatic hydroxyl groups is 1. The molecule has 0 heterocycles. The number of halogens is 2. The molecule has 2 atom stereocenters. The normalized spacial score (nSPS) is 14.8. The highest BCUT2D eigenvalue weighted by Crippen LogP contribution is 2.27. The fourth-order valence-electron chi connectivity index (χ4n) is 1.49. The molecule has 2 unspecified atom stereocenters. The van der Waals surface area contributed by atoms with Crippen LogP contribution >= 0.6 is 15.9 Å². The molecule has 1 aromatic rings. The molecule has 0 spiro atoms. The number of ether oxygens (including phenoxy) is 1. The summed E-state index contributed by atoms with van der Waals surface area (Å²) in [5.74, 6) is -0.238. The van der Waals surface area contributed by atoms with Gasteiger partial charge in [-0.05, 0) is 46.0 Å². The topological polar surface area (TPSA) is 29.5 Å². The quantitative estimate of drug-likeness (QED) is 0.902. The van der Waals surface area contributed by atoms with Gasteiger partial charge < -0.3 is 9.84 Å². The van der Waals surface area contributed by atoms with Crippen molar-refractivity contribution >= 4 is 15.9 Å². The lowest BCUT2D eigenvalue weighted by Gasteiger charge is -2.19. The average Bonchev–Trinajstić information content (AvgIpc) is 2.28. The minimum absolute atomic E-state index is 0.0808. The summed E-state index contributed by atoms with van der Waals surface area (Å²) in [5.41, 5.74) is 0.719. The van der Waals surface area contributed by atoms with Crippen LogP contribution in [0.25, 0.3) is 0 Å². The molecule has 2 nitrogen and oxygen atoms in total. The molecule has 0 fully saturated rings. The monoisotopic (exact) mass is 290 g/mol. The Morgan fingerprint density at radius 1 is 1.50 bits per heavy atom. The van der Waals surface area contributed by atoms with Crippen LogP contribution in [0.15, 0.2) is 22.7 Å². The molecular formula is C12H16BrFO2. The summed E-state index contributed by atoms with van der Waals surface area (Å²) in [4.78, 5) is 0. The van der Waals surface area contributed by atoms with Crippen molar-refractivity contribution in [1.29, 1.82) is 0 Å². The fraction of sp³-hybridized carbons (Fsp3) is 0.500. The number of benzene rings is 1. The van der Waals surface area contributed by atoms with E-state index in [0.29, 0.717) is 11.1 Å². The minimum Gasteiger partial charge on any atom is -0.388 e. The first kappa shape index (κ1) is 13.6. The summed E-state index contributed by atoms with van der Waals surface area (Å²) in [6.07, 6.45) is 0.180. The predicted molar refractivity (Wildman–Crippen MR) is 64.7 cm³/mol. The molecular weight excluding hydrogens is 275 g/mol. The highest BCUT2D eigenvalue weighted by atomic mass is 79.9. The van der Waals surface area contributed by atoms with Gasteiger partial charge in [0.2, 0.25) is 0 Å². The Hall–Kier alpha value is -0.450. The van der Waals surface area contributed by atoms with Gasteiger partial charge in [0.05, 0.1) is 10.6 Å². The third-order valence-corrected chi connectivity index (χ3v) is 3.21. The van der Waals surface area contributed by atoms with Crippen LogP contribution in [0.4, 0.5) is 4.39 Å². The Morgan fingerprint density at radius 2 is 2.19 bits per heavy atom. The Labute approximate surface area is 104 Å². The molecule has 4 heteroatoms. The number of methoxy groups -OCH3 is 1. The van der Waals surface area contributed by atoms with Crippen molar-refractivity contribution in [2.45, 2.75) is 19.4 Å². The van der Waals surface area contributed by atoms with E-state index in [2.05, 4.69) is 15.9 Å². The summed E-state index contributed by atoms with van der Waals surface area (Å²) in [6.45, 7) is 2.56. The zero-order valence-corrected chi connectivity index (χ0v) is 11.0. The van der Waals surface area contributed by atoms with Crippen molar-refractivity contribution in [2.75, 3.05) is 13.7 Å². The van der Waals surface area contributed by atoms with E-state index in [1.54, 1.807) is 19.2 Å². The van der Waals surface area contributed by atoms with Crippen molar-refractivity contribution in [3.05, 3.63) is 34.1 Å². The lowest BCUT2D eigenvalue weighted by Crippen LogP contribution is -2.11. The zero-order valence-electron chi connectivity index (χ0n) is 9.41. The molecule has 0 saturated heterocycles. The van der Waals surface area contributed by atoms with Gasteiger partial charge in [-0.2, -0.15) is 0 Å². The van der Waals surface area contributed by atoms with Crippen LogP contribution < -0.4 is 0 Å². The second kappa shape index (κ2) is 6.33. The lowest BCUT2D eigenvalue weighted by molar-refractivity contribution is 0.0885. The van der Waals surface area contributed by atoms with E-state index in [1.165, 1.54) is 6.07 Å². The molecule has 0 aliphatic rings. The van der Waals surface area contributed by atoms with Gasteiger partial charge in [-0.25, -0.2) is 4.39 Å². The summed E-state index contributed by atoms with van der Waals surface area (Å²) in [5, 5.41) is 10.0. The molecule has 0 aromatic heterocycles. The molecule has 16 heavy (non-hydrogen) atoms. The molecule has 0 saturated carbocycles. The maximum Gasteiger partial charge on any atom is 0.137 e. The van der Waals surface area contributed by atoms with Gasteiger partial charge in [-0.1, -0.05) is 13.0 Å². The van der Waals surface area contributed by atoms with E-state index in [9.17, 15) is 9.50 Å². The van der Waals surface area contributed by atoms with Crippen molar-refractivity contribution in [3.63, 3.8) is 0 Å². The first-order valence-electron chi connectivity index (χ1n) is 5.18. The second-order valence-corrected chi connectivity index (χ2v) is 4.73. The van der Waals surface area contributed by atoms with Crippen molar-refractivity contribution in [2.24, 2.45) is 5.92 Å². The van der Waals surface area contributed by atoms with Gasteiger partial charge >= 0.3 is 0 Å². The fourth-order valence-corrected chi connectivity index (χ4v) is 1.88. The molecule has 1 N–H and O–H groups in total. The summed E-state index contributed by atoms with van der Waals surface area (Å²) < 4.78 is 18.4. The van der Waals surface area contributed by atoms with E-state index in [4.69, 9.17) is 4.74 Å². The van der Waals surface area contributed by atoms with Crippen LogP contribution in [0.3, 0.4) is 0 Å². The van der Waals surface area contributed by atoms with E-state index in [0.717, 1.165) is 12.0 Å². The second-order valence-electron chi connectivity index (χ2n) is 3.88. The van der Waals surface area contributed by atoms with Crippen molar-refractivity contribution in [3.8, 4) is 0 Å². The maximum atomic E-state index is 13.0. The van der Waals surface area contributed by atoms with E-state index < -0.39 is 6.10 Å². The van der Waals surface area contributed by atoms with Crippen LogP contribution in [0.5, 0.6) is 0 Å². The van der Waals surface area contributed by atoms with Crippen molar-refractivity contribution in [1.82, 2.24) is 0 Å². The Morgan fingerprint density at radius 3 is 2.75 bits per heavy atom. The van der Waals surface area contributed by atoms with Gasteiger partial charge in [-0.15, -0.1) is 0 Å². The Bertz CT molecular complexity index is 344. The molecule has 0 radical (unpaired) electrons. The zero-order chi connectivity index (χ0) is 12.1. The third kappa shape index (κ3) is 3.54. The van der Waals surface area contributed by atoms with Gasteiger partial charge in [0.1, 0.15) is 5.82 Å². The molecule has 0 bridgehead atoms. The van der Waals surface area contributed by atoms with E-state index >= 15 is 0 Å². The number of aliphatic hydroxyl groups excluding tert-OH is 1. The maximum absolute atomic E-state index is 13.0. The lowest BCUT2D eigenvalue weighted by atomic mass is 9.95. The number of hydrogen-bond donors (Lipinski definition) is 1. The standard InChI is InChI=1S/C12H16BrFO2/c1-8(5-6-16-2)12(15)9-3-4-11(14)10(13)7-9/h3-4,7-8,12,15H,5-6H2,1-2H3. The highest BCUT2D eigenvalue weighted by Gasteiger charge is 2.17. The van der Waals surface area contributed by atoms with Gasteiger partial charge in [0.25, 0.3) is 0 Å². The smallest absolute Gasteiger partial charge is 0.137 e. The van der Waals surface area contributed by atoms with Gasteiger partial charge in [-0.3, -0.25) is 0 Å². The SMILES string of the molecule is COCCC(C)C(O)c1ccc(F)c(Br)c1.